The highest BCUT2D eigenvalue weighted by atomic mass is 16.1. The first-order valence-corrected chi connectivity index (χ1v) is 7.89. The lowest BCUT2D eigenvalue weighted by Gasteiger charge is -2.20. The van der Waals surface area contributed by atoms with Gasteiger partial charge in [0.2, 0.25) is 0 Å². The molecule has 0 spiro atoms. The molecule has 0 aliphatic rings. The fourth-order valence-electron chi connectivity index (χ4n) is 2.64. The third-order valence-corrected chi connectivity index (χ3v) is 3.97. The van der Waals surface area contributed by atoms with Gasteiger partial charge in [-0.3, -0.25) is 9.69 Å². The number of nitrogens with zero attached hydrogens (tertiary/aromatic N) is 3. The number of hydrogen-bond acceptors (Lipinski definition) is 4. The van der Waals surface area contributed by atoms with E-state index in [0.717, 1.165) is 18.7 Å². The average Bonchev–Trinajstić information content (AvgIpc) is 2.62. The fraction of sp³-hybridized carbons (Fsp3) is 0.211. The Balaban J connectivity index is 1.79. The van der Waals surface area contributed by atoms with Gasteiger partial charge in [0.15, 0.2) is 0 Å². The molecule has 0 amide bonds. The summed E-state index contributed by atoms with van der Waals surface area (Å²) in [4.78, 5) is 21.8. The number of H-pyrrole nitrogens is 1. The van der Waals surface area contributed by atoms with E-state index in [1.54, 1.807) is 6.07 Å². The second-order valence-corrected chi connectivity index (χ2v) is 5.64. The number of nitriles is 1. The highest BCUT2D eigenvalue weighted by Crippen LogP contribution is 2.11. The molecule has 0 bridgehead atoms. The van der Waals surface area contributed by atoms with Crippen molar-refractivity contribution in [2.24, 2.45) is 0 Å². The maximum Gasteiger partial charge on any atom is 0.258 e. The number of para-hydroxylation sites is 1. The van der Waals surface area contributed by atoms with Crippen molar-refractivity contribution in [3.05, 3.63) is 75.8 Å². The summed E-state index contributed by atoms with van der Waals surface area (Å²) in [5.41, 5.74) is 2.39. The quantitative estimate of drug-likeness (QED) is 0.785. The van der Waals surface area contributed by atoms with Crippen LogP contribution >= 0.6 is 0 Å². The Morgan fingerprint density at radius 3 is 2.58 bits per heavy atom. The number of benzene rings is 2. The van der Waals surface area contributed by atoms with Gasteiger partial charge in [-0.25, -0.2) is 4.98 Å². The van der Waals surface area contributed by atoms with Crippen LogP contribution in [-0.2, 0) is 13.1 Å². The molecule has 0 unspecified atom stereocenters. The molecule has 0 aliphatic heterocycles. The van der Waals surface area contributed by atoms with Crippen molar-refractivity contribution in [3.8, 4) is 6.07 Å². The molecule has 0 fully saturated rings. The number of fused-ring (bicyclic) bond motifs is 1. The molecule has 5 nitrogen and oxygen atoms in total. The molecular formula is C19H18N4O. The van der Waals surface area contributed by atoms with Crippen LogP contribution in [0.15, 0.2) is 53.3 Å². The SMILES string of the molecule is CCN(Cc1ccc(C#N)cc1)Cc1nc2ccccc2c(=O)[nH]1. The Bertz CT molecular complexity index is 938. The van der Waals surface area contributed by atoms with E-state index >= 15 is 0 Å². The summed E-state index contributed by atoms with van der Waals surface area (Å²) in [5.74, 6) is 0.661. The van der Waals surface area contributed by atoms with Gasteiger partial charge in [0.25, 0.3) is 5.56 Å². The second-order valence-electron chi connectivity index (χ2n) is 5.64. The van der Waals surface area contributed by atoms with Crippen molar-refractivity contribution < 1.29 is 0 Å². The third kappa shape index (κ3) is 3.50. The van der Waals surface area contributed by atoms with Gasteiger partial charge >= 0.3 is 0 Å². The Labute approximate surface area is 140 Å². The van der Waals surface area contributed by atoms with Gasteiger partial charge in [-0.1, -0.05) is 31.2 Å². The molecule has 3 aromatic rings. The number of hydrogen-bond donors (Lipinski definition) is 1. The van der Waals surface area contributed by atoms with Crippen LogP contribution in [0.2, 0.25) is 0 Å². The zero-order valence-electron chi connectivity index (χ0n) is 13.5. The molecular weight excluding hydrogens is 300 g/mol. The monoisotopic (exact) mass is 318 g/mol. The minimum absolute atomic E-state index is 0.106. The normalized spacial score (nSPS) is 10.9. The van der Waals surface area contributed by atoms with Crippen molar-refractivity contribution in [1.82, 2.24) is 14.9 Å². The maximum absolute atomic E-state index is 12.2. The van der Waals surface area contributed by atoms with Crippen LogP contribution in [0.3, 0.4) is 0 Å². The van der Waals surface area contributed by atoms with Gasteiger partial charge in [-0.15, -0.1) is 0 Å². The van der Waals surface area contributed by atoms with E-state index in [2.05, 4.69) is 27.9 Å². The van der Waals surface area contributed by atoms with E-state index in [4.69, 9.17) is 5.26 Å². The zero-order valence-corrected chi connectivity index (χ0v) is 13.5. The van der Waals surface area contributed by atoms with E-state index in [1.165, 1.54) is 0 Å². The molecule has 2 aromatic carbocycles. The van der Waals surface area contributed by atoms with Crippen molar-refractivity contribution in [2.75, 3.05) is 6.54 Å². The van der Waals surface area contributed by atoms with Crippen molar-refractivity contribution in [2.45, 2.75) is 20.0 Å². The lowest BCUT2D eigenvalue weighted by molar-refractivity contribution is 0.264. The van der Waals surface area contributed by atoms with E-state index < -0.39 is 0 Å². The topological polar surface area (TPSA) is 72.8 Å². The predicted molar refractivity (Wildman–Crippen MR) is 93.3 cm³/mol. The summed E-state index contributed by atoms with van der Waals surface area (Å²) in [6.07, 6.45) is 0. The second kappa shape index (κ2) is 7.07. The molecule has 0 atom stereocenters. The standard InChI is InChI=1S/C19H18N4O/c1-2-23(12-15-9-7-14(11-20)8-10-15)13-18-21-17-6-4-3-5-16(17)19(24)22-18/h3-10H,2,12-13H2,1H3,(H,21,22,24). The summed E-state index contributed by atoms with van der Waals surface area (Å²) in [7, 11) is 0. The first kappa shape index (κ1) is 15.9. The molecule has 0 radical (unpaired) electrons. The molecule has 24 heavy (non-hydrogen) atoms. The molecule has 120 valence electrons. The van der Waals surface area contributed by atoms with E-state index in [1.807, 2.05) is 42.5 Å². The zero-order chi connectivity index (χ0) is 16.9. The summed E-state index contributed by atoms with van der Waals surface area (Å²) in [5, 5.41) is 9.47. The molecule has 3 rings (SSSR count). The first-order valence-electron chi connectivity index (χ1n) is 7.89. The molecule has 0 saturated heterocycles. The number of nitrogens with one attached hydrogen (secondary N) is 1. The molecule has 0 aliphatic carbocycles. The van der Waals surface area contributed by atoms with Crippen LogP contribution in [0.1, 0.15) is 23.9 Å². The summed E-state index contributed by atoms with van der Waals surface area (Å²) < 4.78 is 0. The smallest absolute Gasteiger partial charge is 0.258 e. The lowest BCUT2D eigenvalue weighted by atomic mass is 10.1. The van der Waals surface area contributed by atoms with Crippen LogP contribution < -0.4 is 5.56 Å². The Morgan fingerprint density at radius 2 is 1.88 bits per heavy atom. The summed E-state index contributed by atoms with van der Waals surface area (Å²) >= 11 is 0. The van der Waals surface area contributed by atoms with Crippen LogP contribution in [0.25, 0.3) is 10.9 Å². The van der Waals surface area contributed by atoms with Gasteiger partial charge in [-0.05, 0) is 36.4 Å². The minimum atomic E-state index is -0.106. The van der Waals surface area contributed by atoms with Crippen LogP contribution in [0.4, 0.5) is 0 Å². The summed E-state index contributed by atoms with van der Waals surface area (Å²) in [6.45, 7) is 4.20. The van der Waals surface area contributed by atoms with Gasteiger partial charge in [0.05, 0.1) is 29.1 Å². The van der Waals surface area contributed by atoms with E-state index in [-0.39, 0.29) is 5.56 Å². The Hall–Kier alpha value is -2.97. The maximum atomic E-state index is 12.2. The van der Waals surface area contributed by atoms with Crippen molar-refractivity contribution in [1.29, 1.82) is 5.26 Å². The average molecular weight is 318 g/mol. The van der Waals surface area contributed by atoms with Gasteiger partial charge in [-0.2, -0.15) is 5.26 Å². The van der Waals surface area contributed by atoms with Crippen molar-refractivity contribution in [3.63, 3.8) is 0 Å². The van der Waals surface area contributed by atoms with E-state index in [0.29, 0.717) is 28.8 Å². The molecule has 1 aromatic heterocycles. The summed E-state index contributed by atoms with van der Waals surface area (Å²) in [6, 6.07) is 17.0. The van der Waals surface area contributed by atoms with Gasteiger partial charge < -0.3 is 4.98 Å². The Kier molecular flexibility index (Phi) is 4.69. The van der Waals surface area contributed by atoms with E-state index in [9.17, 15) is 4.79 Å². The minimum Gasteiger partial charge on any atom is -0.309 e. The molecule has 1 N–H and O–H groups in total. The van der Waals surface area contributed by atoms with Crippen molar-refractivity contribution >= 4 is 10.9 Å². The van der Waals surface area contributed by atoms with Crippen LogP contribution in [-0.4, -0.2) is 21.4 Å². The van der Waals surface area contributed by atoms with Gasteiger partial charge in [0, 0.05) is 6.54 Å². The number of aromatic nitrogens is 2. The largest absolute Gasteiger partial charge is 0.309 e. The van der Waals surface area contributed by atoms with Crippen LogP contribution in [0.5, 0.6) is 0 Å². The molecule has 0 saturated carbocycles. The Morgan fingerprint density at radius 1 is 1.12 bits per heavy atom. The predicted octanol–water partition coefficient (Wildman–Crippen LogP) is 2.82. The third-order valence-electron chi connectivity index (χ3n) is 3.97. The highest BCUT2D eigenvalue weighted by molar-refractivity contribution is 5.77. The van der Waals surface area contributed by atoms with Gasteiger partial charge in [0.1, 0.15) is 5.82 Å². The highest BCUT2D eigenvalue weighted by Gasteiger charge is 2.09. The fourth-order valence-corrected chi connectivity index (χ4v) is 2.64. The number of aromatic amines is 1. The van der Waals surface area contributed by atoms with Crippen LogP contribution in [0, 0.1) is 11.3 Å². The first-order chi connectivity index (χ1) is 11.7. The molecule has 5 heteroatoms. The lowest BCUT2D eigenvalue weighted by Crippen LogP contribution is -2.25. The number of rotatable bonds is 5. The molecule has 1 heterocycles.